The molecule has 0 radical (unpaired) electrons. The molecule has 0 atom stereocenters. The Morgan fingerprint density at radius 3 is 2.64 bits per heavy atom. The van der Waals surface area contributed by atoms with Gasteiger partial charge in [-0.05, 0) is 47.7 Å². The fourth-order valence-electron chi connectivity index (χ4n) is 2.96. The number of rotatable bonds is 5. The molecule has 4 nitrogen and oxygen atoms in total. The van der Waals surface area contributed by atoms with Crippen molar-refractivity contribution in [2.75, 3.05) is 14.2 Å². The zero-order valence-corrected chi connectivity index (χ0v) is 15.0. The second-order valence-electron chi connectivity index (χ2n) is 6.04. The number of ether oxygens (including phenoxy) is 1. The molecule has 1 aliphatic carbocycles. The van der Waals surface area contributed by atoms with Gasteiger partial charge in [0.1, 0.15) is 0 Å². The molecule has 1 aliphatic rings. The van der Waals surface area contributed by atoms with Crippen molar-refractivity contribution in [3.63, 3.8) is 0 Å². The van der Waals surface area contributed by atoms with E-state index in [1.54, 1.807) is 12.1 Å². The molecule has 0 aromatic heterocycles. The molecule has 0 bridgehead atoms. The van der Waals surface area contributed by atoms with Crippen LogP contribution in [0.4, 0.5) is 4.39 Å². The zero-order chi connectivity index (χ0) is 18.0. The highest BCUT2D eigenvalue weighted by Crippen LogP contribution is 2.29. The molecule has 0 saturated carbocycles. The Labute approximate surface area is 147 Å². The highest BCUT2D eigenvalue weighted by molar-refractivity contribution is 7.93. The number of benzene rings is 2. The van der Waals surface area contributed by atoms with Crippen LogP contribution < -0.4 is 4.74 Å². The van der Waals surface area contributed by atoms with Crippen LogP contribution >= 0.6 is 0 Å². The van der Waals surface area contributed by atoms with Gasteiger partial charge in [0.2, 0.25) is 10.0 Å². The average molecular weight is 361 g/mol. The van der Waals surface area contributed by atoms with Gasteiger partial charge in [-0.15, -0.1) is 0 Å². The van der Waals surface area contributed by atoms with E-state index >= 15 is 0 Å². The van der Waals surface area contributed by atoms with Crippen LogP contribution in [0.1, 0.15) is 23.1 Å². The van der Waals surface area contributed by atoms with Crippen LogP contribution in [-0.2, 0) is 23.0 Å². The maximum absolute atomic E-state index is 13.8. The summed E-state index contributed by atoms with van der Waals surface area (Å²) < 4.78 is 45.6. The minimum Gasteiger partial charge on any atom is -0.494 e. The molecular weight excluding hydrogens is 341 g/mol. The summed E-state index contributed by atoms with van der Waals surface area (Å²) in [4.78, 5) is 0.391. The minimum absolute atomic E-state index is 0.0994. The molecule has 0 unspecified atom stereocenters. The lowest BCUT2D eigenvalue weighted by Gasteiger charge is -2.22. The lowest BCUT2D eigenvalue weighted by Crippen LogP contribution is -2.28. The Bertz CT molecular complexity index is 922. The van der Waals surface area contributed by atoms with Crippen LogP contribution in [-0.4, -0.2) is 26.9 Å². The number of allylic oxidation sites excluding steroid dienone is 1. The largest absolute Gasteiger partial charge is 0.494 e. The molecule has 0 fully saturated rings. The molecule has 25 heavy (non-hydrogen) atoms. The Morgan fingerprint density at radius 1 is 1.16 bits per heavy atom. The van der Waals surface area contributed by atoms with Gasteiger partial charge in [0.15, 0.2) is 11.6 Å². The summed E-state index contributed by atoms with van der Waals surface area (Å²) in [5.74, 6) is -0.363. The fourth-order valence-corrected chi connectivity index (χ4v) is 4.32. The Balaban J connectivity index is 1.83. The van der Waals surface area contributed by atoms with Crippen molar-refractivity contribution in [3.8, 4) is 5.75 Å². The summed E-state index contributed by atoms with van der Waals surface area (Å²) in [5, 5.41) is 0. The average Bonchev–Trinajstić information content (AvgIpc) is 2.61. The topological polar surface area (TPSA) is 46.6 Å². The van der Waals surface area contributed by atoms with Gasteiger partial charge in [0.25, 0.3) is 0 Å². The molecule has 2 aromatic rings. The first-order valence-electron chi connectivity index (χ1n) is 7.99. The number of hydrogen-bond acceptors (Lipinski definition) is 3. The number of methoxy groups -OCH3 is 1. The van der Waals surface area contributed by atoms with Gasteiger partial charge in [-0.3, -0.25) is 0 Å². The van der Waals surface area contributed by atoms with Crippen LogP contribution in [0.3, 0.4) is 0 Å². The van der Waals surface area contributed by atoms with Gasteiger partial charge in [-0.25, -0.2) is 12.8 Å². The number of nitrogens with zero attached hydrogens (tertiary/aromatic N) is 1. The molecule has 0 saturated heterocycles. The Morgan fingerprint density at radius 2 is 1.92 bits per heavy atom. The predicted molar refractivity (Wildman–Crippen MR) is 96.1 cm³/mol. The second-order valence-corrected chi connectivity index (χ2v) is 8.14. The van der Waals surface area contributed by atoms with Gasteiger partial charge in [-0.2, -0.15) is 4.31 Å². The summed E-state index contributed by atoms with van der Waals surface area (Å²) in [5.41, 5.74) is 2.67. The molecule has 0 heterocycles. The van der Waals surface area contributed by atoms with E-state index in [0.717, 1.165) is 11.1 Å². The molecule has 0 N–H and O–H groups in total. The summed E-state index contributed by atoms with van der Waals surface area (Å²) >= 11 is 0. The van der Waals surface area contributed by atoms with Crippen LogP contribution in [0.15, 0.2) is 47.4 Å². The number of halogens is 1. The molecule has 132 valence electrons. The van der Waals surface area contributed by atoms with Gasteiger partial charge >= 0.3 is 0 Å². The van der Waals surface area contributed by atoms with E-state index < -0.39 is 15.8 Å². The third kappa shape index (κ3) is 3.60. The van der Waals surface area contributed by atoms with E-state index in [-0.39, 0.29) is 12.3 Å². The highest BCUT2D eigenvalue weighted by atomic mass is 32.2. The van der Waals surface area contributed by atoms with E-state index in [4.69, 9.17) is 4.74 Å². The van der Waals surface area contributed by atoms with Crippen molar-refractivity contribution in [2.24, 2.45) is 0 Å². The maximum Gasteiger partial charge on any atom is 0.239 e. The molecule has 6 heteroatoms. The van der Waals surface area contributed by atoms with Crippen molar-refractivity contribution in [1.29, 1.82) is 0 Å². The van der Waals surface area contributed by atoms with E-state index in [2.05, 4.69) is 0 Å². The smallest absolute Gasteiger partial charge is 0.239 e. The third-order valence-electron chi connectivity index (χ3n) is 4.38. The van der Waals surface area contributed by atoms with Gasteiger partial charge in [-0.1, -0.05) is 30.3 Å². The molecular formula is C19H20FNO3S. The van der Waals surface area contributed by atoms with Crippen LogP contribution in [0, 0.1) is 5.82 Å². The number of aryl methyl sites for hydroxylation is 1. The lowest BCUT2D eigenvalue weighted by atomic mass is 9.98. The minimum atomic E-state index is -3.59. The molecule has 0 aliphatic heterocycles. The van der Waals surface area contributed by atoms with Crippen molar-refractivity contribution < 1.29 is 17.5 Å². The number of fused-ring (bicyclic) bond motifs is 1. The fraction of sp³-hybridized carbons (Fsp3) is 0.263. The summed E-state index contributed by atoms with van der Waals surface area (Å²) in [7, 11) is -0.687. The lowest BCUT2D eigenvalue weighted by molar-refractivity contribution is 0.385. The first-order valence-corrected chi connectivity index (χ1v) is 9.43. The van der Waals surface area contributed by atoms with E-state index in [1.807, 2.05) is 24.3 Å². The van der Waals surface area contributed by atoms with E-state index in [9.17, 15) is 12.8 Å². The first kappa shape index (κ1) is 17.6. The van der Waals surface area contributed by atoms with Gasteiger partial charge < -0.3 is 4.74 Å². The van der Waals surface area contributed by atoms with E-state index in [0.29, 0.717) is 23.3 Å². The van der Waals surface area contributed by atoms with Crippen LogP contribution in [0.25, 0.3) is 6.08 Å². The molecule has 2 aromatic carbocycles. The monoisotopic (exact) mass is 361 g/mol. The number of sulfonamides is 1. The van der Waals surface area contributed by atoms with Crippen molar-refractivity contribution in [1.82, 2.24) is 4.31 Å². The predicted octanol–water partition coefficient (Wildman–Crippen LogP) is 3.58. The van der Waals surface area contributed by atoms with Crippen LogP contribution in [0.5, 0.6) is 5.75 Å². The Kier molecular flexibility index (Phi) is 4.92. The molecule has 3 rings (SSSR count). The van der Waals surface area contributed by atoms with Gasteiger partial charge in [0, 0.05) is 13.6 Å². The standard InChI is InChI=1S/C19H20FNO3S/c1-21(13-14-7-10-19(24-2)18(20)11-14)25(22,23)17-9-8-15-5-3-4-6-16(15)12-17/h3-7,10-12H,8-9,13H2,1-2H3. The maximum atomic E-state index is 13.8. The van der Waals surface area contributed by atoms with Crippen molar-refractivity contribution >= 4 is 16.1 Å². The van der Waals surface area contributed by atoms with Crippen molar-refractivity contribution in [2.45, 2.75) is 19.4 Å². The van der Waals surface area contributed by atoms with Crippen molar-refractivity contribution in [3.05, 3.63) is 69.9 Å². The zero-order valence-electron chi connectivity index (χ0n) is 14.2. The summed E-state index contributed by atoms with van der Waals surface area (Å²) in [6.07, 6.45) is 2.91. The summed E-state index contributed by atoms with van der Waals surface area (Å²) in [6.45, 7) is 0.0994. The van der Waals surface area contributed by atoms with E-state index in [1.165, 1.54) is 30.6 Å². The highest BCUT2D eigenvalue weighted by Gasteiger charge is 2.26. The molecule has 0 spiro atoms. The third-order valence-corrected chi connectivity index (χ3v) is 6.31. The second kappa shape index (κ2) is 6.98. The van der Waals surface area contributed by atoms with Gasteiger partial charge in [0.05, 0.1) is 12.0 Å². The first-order chi connectivity index (χ1) is 11.9. The van der Waals surface area contributed by atoms with Crippen LogP contribution in [0.2, 0.25) is 0 Å². The normalized spacial score (nSPS) is 14.2. The SMILES string of the molecule is COc1ccc(CN(C)S(=O)(=O)C2=Cc3ccccc3CC2)cc1F. The Hall–Kier alpha value is -2.18. The summed E-state index contributed by atoms with van der Waals surface area (Å²) in [6, 6.07) is 12.3. The number of hydrogen-bond donors (Lipinski definition) is 0. The quantitative estimate of drug-likeness (QED) is 0.818. The molecule has 0 amide bonds.